The van der Waals surface area contributed by atoms with Crippen LogP contribution in [0.2, 0.25) is 0 Å². The van der Waals surface area contributed by atoms with Gasteiger partial charge in [0.05, 0.1) is 5.92 Å². The van der Waals surface area contributed by atoms with Crippen molar-refractivity contribution in [1.82, 2.24) is 0 Å². The summed E-state index contributed by atoms with van der Waals surface area (Å²) in [7, 11) is 0. The molecule has 2 N–H and O–H groups in total. The van der Waals surface area contributed by atoms with Gasteiger partial charge in [-0.2, -0.15) is 0 Å². The van der Waals surface area contributed by atoms with Gasteiger partial charge < -0.3 is 10.4 Å². The van der Waals surface area contributed by atoms with Crippen LogP contribution in [0.4, 0.5) is 16.2 Å². The van der Waals surface area contributed by atoms with Gasteiger partial charge in [0.25, 0.3) is 0 Å². The number of hydrogen-bond donors (Lipinski definition) is 2. The molecule has 0 spiro atoms. The van der Waals surface area contributed by atoms with Crippen LogP contribution in [0, 0.1) is 5.92 Å². The van der Waals surface area contributed by atoms with E-state index >= 15 is 0 Å². The largest absolute Gasteiger partial charge is 0.481 e. The summed E-state index contributed by atoms with van der Waals surface area (Å²) in [5.74, 6) is -0.452. The van der Waals surface area contributed by atoms with Crippen molar-refractivity contribution < 1.29 is 14.7 Å². The van der Waals surface area contributed by atoms with Gasteiger partial charge in [0.2, 0.25) is 0 Å². The van der Waals surface area contributed by atoms with E-state index in [4.69, 9.17) is 5.11 Å². The highest BCUT2D eigenvalue weighted by Crippen LogP contribution is 2.36. The van der Waals surface area contributed by atoms with E-state index in [1.54, 1.807) is 0 Å². The number of carboxylic acids is 1. The summed E-state index contributed by atoms with van der Waals surface area (Å²) in [6.07, 6.45) is 5.29. The number of anilines is 2. The Morgan fingerprint density at radius 1 is 0.964 bits per heavy atom. The van der Waals surface area contributed by atoms with Crippen molar-refractivity contribution in [2.45, 2.75) is 44.4 Å². The van der Waals surface area contributed by atoms with Gasteiger partial charge in [-0.05, 0) is 73.8 Å². The number of nitrogens with zero attached hydrogens (tertiary/aromatic N) is 1. The SMILES string of the molecule is O=C(Nc1ccc([C@H]2CC[C@@H](C(=O)O)CC2)cc1)N1CCCc2ccccc21. The van der Waals surface area contributed by atoms with Crippen LogP contribution in [-0.4, -0.2) is 23.7 Å². The minimum atomic E-state index is -0.671. The molecule has 0 bridgehead atoms. The molecular formula is C23H26N2O3. The first kappa shape index (κ1) is 18.5. The van der Waals surface area contributed by atoms with E-state index in [2.05, 4.69) is 23.5 Å². The summed E-state index contributed by atoms with van der Waals surface area (Å²) >= 11 is 0. The number of carbonyl (C=O) groups is 2. The van der Waals surface area contributed by atoms with Crippen molar-refractivity contribution in [2.24, 2.45) is 5.92 Å². The van der Waals surface area contributed by atoms with Gasteiger partial charge in [0, 0.05) is 17.9 Å². The van der Waals surface area contributed by atoms with Gasteiger partial charge in [0.1, 0.15) is 0 Å². The molecule has 4 rings (SSSR count). The van der Waals surface area contributed by atoms with Crippen LogP contribution in [0.15, 0.2) is 48.5 Å². The molecule has 1 heterocycles. The third kappa shape index (κ3) is 3.88. The minimum Gasteiger partial charge on any atom is -0.481 e. The third-order valence-corrected chi connectivity index (χ3v) is 6.07. The van der Waals surface area contributed by atoms with Gasteiger partial charge in [-0.1, -0.05) is 30.3 Å². The molecule has 5 heteroatoms. The Kier molecular flexibility index (Phi) is 5.33. The molecule has 2 aromatic carbocycles. The van der Waals surface area contributed by atoms with E-state index in [0.29, 0.717) is 5.92 Å². The molecule has 0 aromatic heterocycles. The number of urea groups is 1. The molecule has 1 aliphatic heterocycles. The quantitative estimate of drug-likeness (QED) is 0.787. The Morgan fingerprint density at radius 2 is 1.68 bits per heavy atom. The summed E-state index contributed by atoms with van der Waals surface area (Å²) in [6.45, 7) is 0.730. The number of rotatable bonds is 3. The maximum Gasteiger partial charge on any atom is 0.326 e. The molecule has 0 radical (unpaired) electrons. The summed E-state index contributed by atoms with van der Waals surface area (Å²) < 4.78 is 0. The number of aryl methyl sites for hydroxylation is 1. The number of carboxylic acid groups (broad SMARTS) is 1. The first-order valence-electron chi connectivity index (χ1n) is 10.1. The molecule has 2 aromatic rings. The lowest BCUT2D eigenvalue weighted by atomic mass is 9.79. The highest BCUT2D eigenvalue weighted by atomic mass is 16.4. The monoisotopic (exact) mass is 378 g/mol. The van der Waals surface area contributed by atoms with E-state index < -0.39 is 5.97 Å². The van der Waals surface area contributed by atoms with Crippen molar-refractivity contribution in [2.75, 3.05) is 16.8 Å². The molecule has 28 heavy (non-hydrogen) atoms. The topological polar surface area (TPSA) is 69.6 Å². The smallest absolute Gasteiger partial charge is 0.326 e. The average Bonchev–Trinajstić information content (AvgIpc) is 2.74. The number of amides is 2. The van der Waals surface area contributed by atoms with Gasteiger partial charge in [0.15, 0.2) is 0 Å². The van der Waals surface area contributed by atoms with Gasteiger partial charge in [-0.15, -0.1) is 0 Å². The number of hydrogen-bond acceptors (Lipinski definition) is 2. The van der Waals surface area contributed by atoms with E-state index in [-0.39, 0.29) is 11.9 Å². The number of fused-ring (bicyclic) bond motifs is 1. The molecule has 0 saturated heterocycles. The number of para-hydroxylation sites is 1. The fourth-order valence-electron chi connectivity index (χ4n) is 4.45. The summed E-state index contributed by atoms with van der Waals surface area (Å²) in [4.78, 5) is 25.7. The minimum absolute atomic E-state index is 0.0955. The Bertz CT molecular complexity index is 854. The first-order chi connectivity index (χ1) is 13.6. The second kappa shape index (κ2) is 8.05. The van der Waals surface area contributed by atoms with Gasteiger partial charge in [-0.25, -0.2) is 4.79 Å². The average molecular weight is 378 g/mol. The zero-order chi connectivity index (χ0) is 19.5. The number of benzene rings is 2. The van der Waals surface area contributed by atoms with Crippen LogP contribution in [0.25, 0.3) is 0 Å². The van der Waals surface area contributed by atoms with Crippen molar-refractivity contribution in [3.63, 3.8) is 0 Å². The fraction of sp³-hybridized carbons (Fsp3) is 0.391. The van der Waals surface area contributed by atoms with Crippen molar-refractivity contribution in [3.05, 3.63) is 59.7 Å². The Labute approximate surface area is 165 Å². The predicted octanol–water partition coefficient (Wildman–Crippen LogP) is 5.03. The lowest BCUT2D eigenvalue weighted by Gasteiger charge is -2.29. The van der Waals surface area contributed by atoms with E-state index in [0.717, 1.165) is 56.4 Å². The molecule has 0 unspecified atom stereocenters. The zero-order valence-corrected chi connectivity index (χ0v) is 15.9. The Balaban J connectivity index is 1.39. The van der Waals surface area contributed by atoms with Crippen LogP contribution >= 0.6 is 0 Å². The number of aliphatic carboxylic acids is 1. The molecule has 5 nitrogen and oxygen atoms in total. The molecule has 1 saturated carbocycles. The first-order valence-corrected chi connectivity index (χ1v) is 10.1. The molecule has 2 amide bonds. The summed E-state index contributed by atoms with van der Waals surface area (Å²) in [5.41, 5.74) is 4.23. The van der Waals surface area contributed by atoms with E-state index in [9.17, 15) is 9.59 Å². The van der Waals surface area contributed by atoms with Crippen molar-refractivity contribution in [3.8, 4) is 0 Å². The lowest BCUT2D eigenvalue weighted by Crippen LogP contribution is -2.38. The van der Waals surface area contributed by atoms with Crippen LogP contribution in [0.5, 0.6) is 0 Å². The van der Waals surface area contributed by atoms with E-state index in [1.807, 2.05) is 35.2 Å². The number of carbonyl (C=O) groups excluding carboxylic acids is 1. The molecule has 0 atom stereocenters. The molecule has 2 aliphatic rings. The normalized spacial score (nSPS) is 21.6. The molecule has 1 aliphatic carbocycles. The third-order valence-electron chi connectivity index (χ3n) is 6.07. The predicted molar refractivity (Wildman–Crippen MR) is 110 cm³/mol. The molecule has 1 fully saturated rings. The maximum atomic E-state index is 12.8. The van der Waals surface area contributed by atoms with Crippen LogP contribution in [-0.2, 0) is 11.2 Å². The van der Waals surface area contributed by atoms with Crippen LogP contribution < -0.4 is 10.2 Å². The van der Waals surface area contributed by atoms with Crippen molar-refractivity contribution >= 4 is 23.4 Å². The maximum absolute atomic E-state index is 12.8. The summed E-state index contributed by atoms with van der Waals surface area (Å²) in [5, 5.41) is 12.2. The molecular weight excluding hydrogens is 352 g/mol. The van der Waals surface area contributed by atoms with Gasteiger partial charge in [-0.3, -0.25) is 9.69 Å². The van der Waals surface area contributed by atoms with Crippen molar-refractivity contribution in [1.29, 1.82) is 0 Å². The Hall–Kier alpha value is -2.82. The number of nitrogens with one attached hydrogen (secondary N) is 1. The zero-order valence-electron chi connectivity index (χ0n) is 15.9. The van der Waals surface area contributed by atoms with Crippen LogP contribution in [0.1, 0.15) is 49.1 Å². The fourth-order valence-corrected chi connectivity index (χ4v) is 4.45. The second-order valence-electron chi connectivity index (χ2n) is 7.82. The lowest BCUT2D eigenvalue weighted by molar-refractivity contribution is -0.142. The standard InChI is InChI=1S/C23H26N2O3/c26-22(27)19-9-7-16(8-10-19)17-11-13-20(14-12-17)24-23(28)25-15-3-5-18-4-1-2-6-21(18)25/h1-2,4,6,11-14,16,19H,3,5,7-10,15H2,(H,24,28)(H,26,27)/t16-,19+. The highest BCUT2D eigenvalue weighted by Gasteiger charge is 2.27. The highest BCUT2D eigenvalue weighted by molar-refractivity contribution is 6.02. The second-order valence-corrected chi connectivity index (χ2v) is 7.82. The van der Waals surface area contributed by atoms with Crippen LogP contribution in [0.3, 0.4) is 0 Å². The molecule has 146 valence electrons. The summed E-state index contributed by atoms with van der Waals surface area (Å²) in [6, 6.07) is 16.0. The Morgan fingerprint density at radius 3 is 2.39 bits per heavy atom. The van der Waals surface area contributed by atoms with Gasteiger partial charge >= 0.3 is 12.0 Å². The van der Waals surface area contributed by atoms with E-state index in [1.165, 1.54) is 11.1 Å².